The summed E-state index contributed by atoms with van der Waals surface area (Å²) >= 11 is 0. The number of nitrogens with two attached hydrogens (primary N) is 1. The molecule has 2 N–H and O–H groups in total. The molecule has 1 unspecified atom stereocenters. The van der Waals surface area contributed by atoms with E-state index in [0.717, 1.165) is 31.5 Å². The van der Waals surface area contributed by atoms with Crippen LogP contribution in [0.1, 0.15) is 29.5 Å². The monoisotopic (exact) mass is 286 g/mol. The maximum atomic E-state index is 12.6. The average molecular weight is 286 g/mol. The molecule has 0 amide bonds. The Balaban J connectivity index is 2.06. The second kappa shape index (κ2) is 6.14. The standard InChI is InChI=1S/C15H21F3N2/c1-11-7-14(15(16,17)18)5-4-13(11)10-20-6-2-3-12(8-19)9-20/h4-5,7,12H,2-3,6,8-10,19H2,1H3. The molecule has 5 heteroatoms. The van der Waals surface area contributed by atoms with Gasteiger partial charge in [0.15, 0.2) is 0 Å². The smallest absolute Gasteiger partial charge is 0.330 e. The molecule has 1 fully saturated rings. The van der Waals surface area contributed by atoms with E-state index in [-0.39, 0.29) is 0 Å². The van der Waals surface area contributed by atoms with Crippen LogP contribution in [0.2, 0.25) is 0 Å². The summed E-state index contributed by atoms with van der Waals surface area (Å²) in [4.78, 5) is 2.29. The van der Waals surface area contributed by atoms with Gasteiger partial charge in [0.2, 0.25) is 0 Å². The van der Waals surface area contributed by atoms with Gasteiger partial charge < -0.3 is 5.73 Å². The zero-order valence-electron chi connectivity index (χ0n) is 11.7. The summed E-state index contributed by atoms with van der Waals surface area (Å²) in [5, 5.41) is 0. The highest BCUT2D eigenvalue weighted by molar-refractivity contribution is 5.32. The molecule has 1 saturated heterocycles. The highest BCUT2D eigenvalue weighted by Crippen LogP contribution is 2.31. The Kier molecular flexibility index (Phi) is 4.70. The van der Waals surface area contributed by atoms with E-state index in [2.05, 4.69) is 4.90 Å². The van der Waals surface area contributed by atoms with Gasteiger partial charge in [-0.15, -0.1) is 0 Å². The average Bonchev–Trinajstić information content (AvgIpc) is 2.40. The molecule has 112 valence electrons. The summed E-state index contributed by atoms with van der Waals surface area (Å²) in [5.41, 5.74) is 6.80. The molecule has 1 aromatic carbocycles. The number of rotatable bonds is 3. The summed E-state index contributed by atoms with van der Waals surface area (Å²) in [6.07, 6.45) is -2.00. The van der Waals surface area contributed by atoms with Gasteiger partial charge in [0.05, 0.1) is 5.56 Å². The van der Waals surface area contributed by atoms with Crippen molar-refractivity contribution in [3.63, 3.8) is 0 Å². The Labute approximate surface area is 117 Å². The van der Waals surface area contributed by atoms with Crippen LogP contribution in [-0.2, 0) is 12.7 Å². The molecule has 2 rings (SSSR count). The van der Waals surface area contributed by atoms with Crippen molar-refractivity contribution in [3.05, 3.63) is 34.9 Å². The topological polar surface area (TPSA) is 29.3 Å². The fraction of sp³-hybridized carbons (Fsp3) is 0.600. The largest absolute Gasteiger partial charge is 0.416 e. The maximum Gasteiger partial charge on any atom is 0.416 e. The number of benzene rings is 1. The summed E-state index contributed by atoms with van der Waals surface area (Å²) in [7, 11) is 0. The Morgan fingerprint density at radius 2 is 2.10 bits per heavy atom. The Morgan fingerprint density at radius 3 is 2.70 bits per heavy atom. The number of hydrogen-bond donors (Lipinski definition) is 1. The fourth-order valence-electron chi connectivity index (χ4n) is 2.78. The lowest BCUT2D eigenvalue weighted by molar-refractivity contribution is -0.137. The van der Waals surface area contributed by atoms with Crippen molar-refractivity contribution in [2.24, 2.45) is 11.7 Å². The lowest BCUT2D eigenvalue weighted by Gasteiger charge is -2.32. The van der Waals surface area contributed by atoms with Crippen molar-refractivity contribution >= 4 is 0 Å². The minimum atomic E-state index is -4.26. The summed E-state index contributed by atoms with van der Waals surface area (Å²) < 4.78 is 37.9. The summed E-state index contributed by atoms with van der Waals surface area (Å²) in [6.45, 7) is 5.08. The molecule has 0 bridgehead atoms. The van der Waals surface area contributed by atoms with E-state index in [1.807, 2.05) is 0 Å². The van der Waals surface area contributed by atoms with Crippen molar-refractivity contribution in [1.29, 1.82) is 0 Å². The highest BCUT2D eigenvalue weighted by Gasteiger charge is 2.30. The number of aryl methyl sites for hydroxylation is 1. The molecular formula is C15H21F3N2. The third-order valence-electron chi connectivity index (χ3n) is 4.00. The van der Waals surface area contributed by atoms with E-state index in [1.165, 1.54) is 12.1 Å². The molecule has 0 aromatic heterocycles. The van der Waals surface area contributed by atoms with Gasteiger partial charge in [-0.1, -0.05) is 6.07 Å². The van der Waals surface area contributed by atoms with Crippen LogP contribution < -0.4 is 5.73 Å². The quantitative estimate of drug-likeness (QED) is 0.924. The minimum Gasteiger partial charge on any atom is -0.330 e. The van der Waals surface area contributed by atoms with E-state index >= 15 is 0 Å². The Morgan fingerprint density at radius 1 is 1.35 bits per heavy atom. The van der Waals surface area contributed by atoms with E-state index in [9.17, 15) is 13.2 Å². The van der Waals surface area contributed by atoms with Crippen LogP contribution in [-0.4, -0.2) is 24.5 Å². The summed E-state index contributed by atoms with van der Waals surface area (Å²) in [5.74, 6) is 0.513. The van der Waals surface area contributed by atoms with Crippen LogP contribution in [0.5, 0.6) is 0 Å². The van der Waals surface area contributed by atoms with E-state index in [4.69, 9.17) is 5.73 Å². The van der Waals surface area contributed by atoms with Gasteiger partial charge in [0.1, 0.15) is 0 Å². The first-order valence-electron chi connectivity index (χ1n) is 6.99. The molecule has 1 heterocycles. The van der Waals surface area contributed by atoms with Crippen LogP contribution in [0.4, 0.5) is 13.2 Å². The second-order valence-corrected chi connectivity index (χ2v) is 5.62. The molecule has 0 radical (unpaired) electrons. The first kappa shape index (κ1) is 15.3. The van der Waals surface area contributed by atoms with Crippen molar-refractivity contribution in [2.45, 2.75) is 32.5 Å². The molecule has 1 aliphatic heterocycles. The Hall–Kier alpha value is -1.07. The minimum absolute atomic E-state index is 0.513. The molecule has 0 aliphatic carbocycles. The third kappa shape index (κ3) is 3.73. The number of nitrogens with zero attached hydrogens (tertiary/aromatic N) is 1. The highest BCUT2D eigenvalue weighted by atomic mass is 19.4. The van der Waals surface area contributed by atoms with E-state index in [1.54, 1.807) is 13.0 Å². The van der Waals surface area contributed by atoms with E-state index in [0.29, 0.717) is 24.6 Å². The Bertz CT molecular complexity index is 457. The van der Waals surface area contributed by atoms with Crippen molar-refractivity contribution in [3.8, 4) is 0 Å². The third-order valence-corrected chi connectivity index (χ3v) is 4.00. The predicted octanol–water partition coefficient (Wildman–Crippen LogP) is 3.18. The van der Waals surface area contributed by atoms with E-state index < -0.39 is 11.7 Å². The maximum absolute atomic E-state index is 12.6. The van der Waals surface area contributed by atoms with Gasteiger partial charge in [-0.3, -0.25) is 4.90 Å². The summed E-state index contributed by atoms with van der Waals surface area (Å²) in [6, 6.07) is 4.01. The normalized spacial score (nSPS) is 21.1. The van der Waals surface area contributed by atoms with Gasteiger partial charge in [-0.25, -0.2) is 0 Å². The first-order chi connectivity index (χ1) is 9.40. The van der Waals surface area contributed by atoms with Crippen molar-refractivity contribution in [1.82, 2.24) is 4.90 Å². The zero-order chi connectivity index (χ0) is 14.8. The van der Waals surface area contributed by atoms with Crippen LogP contribution in [0.25, 0.3) is 0 Å². The number of alkyl halides is 3. The lowest BCUT2D eigenvalue weighted by Crippen LogP contribution is -2.38. The van der Waals surface area contributed by atoms with Crippen LogP contribution in [0.3, 0.4) is 0 Å². The number of piperidine rings is 1. The van der Waals surface area contributed by atoms with Gasteiger partial charge in [-0.2, -0.15) is 13.2 Å². The van der Waals surface area contributed by atoms with Crippen LogP contribution in [0, 0.1) is 12.8 Å². The fourth-order valence-corrected chi connectivity index (χ4v) is 2.78. The van der Waals surface area contributed by atoms with Gasteiger partial charge in [-0.05, 0) is 62.0 Å². The molecule has 0 spiro atoms. The molecule has 1 atom stereocenters. The molecule has 1 aromatic rings. The van der Waals surface area contributed by atoms with Crippen molar-refractivity contribution < 1.29 is 13.2 Å². The number of likely N-dealkylation sites (tertiary alicyclic amines) is 1. The molecule has 20 heavy (non-hydrogen) atoms. The lowest BCUT2D eigenvalue weighted by atomic mass is 9.97. The second-order valence-electron chi connectivity index (χ2n) is 5.62. The zero-order valence-corrected chi connectivity index (χ0v) is 11.7. The van der Waals surface area contributed by atoms with Gasteiger partial charge in [0.25, 0.3) is 0 Å². The first-order valence-corrected chi connectivity index (χ1v) is 6.99. The van der Waals surface area contributed by atoms with Crippen molar-refractivity contribution in [2.75, 3.05) is 19.6 Å². The molecule has 0 saturated carbocycles. The molecule has 1 aliphatic rings. The van der Waals surface area contributed by atoms with Gasteiger partial charge in [0, 0.05) is 13.1 Å². The number of hydrogen-bond acceptors (Lipinski definition) is 2. The number of halogens is 3. The predicted molar refractivity (Wildman–Crippen MR) is 73.2 cm³/mol. The molecule has 2 nitrogen and oxygen atoms in total. The SMILES string of the molecule is Cc1cc(C(F)(F)F)ccc1CN1CCCC(CN)C1. The van der Waals surface area contributed by atoms with Gasteiger partial charge >= 0.3 is 6.18 Å². The van der Waals surface area contributed by atoms with Crippen LogP contribution in [0.15, 0.2) is 18.2 Å². The molecular weight excluding hydrogens is 265 g/mol. The van der Waals surface area contributed by atoms with Crippen LogP contribution >= 0.6 is 0 Å².